The normalized spacial score (nSPS) is 11.9. The third-order valence-corrected chi connectivity index (χ3v) is 4.67. The number of nitrogens with zero attached hydrogens (tertiary/aromatic N) is 4. The number of aryl methyl sites for hydroxylation is 1. The van der Waals surface area contributed by atoms with Gasteiger partial charge in [-0.15, -0.1) is 0 Å². The molecule has 0 aliphatic heterocycles. The Morgan fingerprint density at radius 3 is 2.66 bits per heavy atom. The van der Waals surface area contributed by atoms with Crippen LogP contribution in [0.5, 0.6) is 0 Å². The zero-order valence-corrected chi connectivity index (χ0v) is 16.2. The molecule has 0 saturated heterocycles. The van der Waals surface area contributed by atoms with E-state index in [9.17, 15) is 4.79 Å². The molecule has 7 heteroatoms. The lowest BCUT2D eigenvalue weighted by Crippen LogP contribution is -2.26. The number of carbonyl (C=O) groups is 1. The number of benzene rings is 2. The molecule has 2 aromatic carbocycles. The highest BCUT2D eigenvalue weighted by Crippen LogP contribution is 2.22. The van der Waals surface area contributed by atoms with Gasteiger partial charge in [0.05, 0.1) is 6.54 Å². The number of hydrogen-bond donors (Lipinski definition) is 1. The molecule has 0 aliphatic rings. The van der Waals surface area contributed by atoms with Gasteiger partial charge in [-0.05, 0) is 43.2 Å². The van der Waals surface area contributed by atoms with Crippen LogP contribution < -0.4 is 5.32 Å². The molecule has 29 heavy (non-hydrogen) atoms. The van der Waals surface area contributed by atoms with E-state index in [1.54, 1.807) is 18.3 Å². The predicted octanol–water partition coefficient (Wildman–Crippen LogP) is 3.78. The first-order valence-electron chi connectivity index (χ1n) is 9.37. The van der Waals surface area contributed by atoms with Crippen LogP contribution in [-0.2, 0) is 6.54 Å². The molecule has 0 aliphatic carbocycles. The number of hydrogen-bond acceptors (Lipinski definition) is 5. The second kappa shape index (κ2) is 8.10. The van der Waals surface area contributed by atoms with Gasteiger partial charge in [-0.25, -0.2) is 0 Å². The molecule has 2 aromatic heterocycles. The lowest BCUT2D eigenvalue weighted by Gasteiger charge is -2.10. The van der Waals surface area contributed by atoms with Gasteiger partial charge in [0.1, 0.15) is 6.04 Å². The van der Waals surface area contributed by atoms with Crippen LogP contribution in [0.1, 0.15) is 40.3 Å². The summed E-state index contributed by atoms with van der Waals surface area (Å²) in [6, 6.07) is 16.7. The van der Waals surface area contributed by atoms with Gasteiger partial charge in [-0.2, -0.15) is 10.1 Å². The highest BCUT2D eigenvalue weighted by molar-refractivity contribution is 5.94. The second-order valence-electron chi connectivity index (χ2n) is 6.87. The summed E-state index contributed by atoms with van der Waals surface area (Å²) in [6.07, 6.45) is 3.64. The van der Waals surface area contributed by atoms with Gasteiger partial charge < -0.3 is 9.84 Å². The Morgan fingerprint density at radius 2 is 1.93 bits per heavy atom. The maximum absolute atomic E-state index is 12.6. The minimum absolute atomic E-state index is 0.196. The molecule has 7 nitrogen and oxygen atoms in total. The van der Waals surface area contributed by atoms with Crippen molar-refractivity contribution in [3.8, 4) is 11.4 Å². The molecule has 0 saturated carbocycles. The fraction of sp³-hybridized carbons (Fsp3) is 0.182. The number of rotatable bonds is 6. The summed E-state index contributed by atoms with van der Waals surface area (Å²) >= 11 is 0. The van der Waals surface area contributed by atoms with Crippen molar-refractivity contribution in [2.24, 2.45) is 0 Å². The van der Waals surface area contributed by atoms with Gasteiger partial charge in [0.2, 0.25) is 11.7 Å². The van der Waals surface area contributed by atoms with Crippen molar-refractivity contribution in [3.05, 3.63) is 89.6 Å². The first kappa shape index (κ1) is 18.6. The minimum atomic E-state index is -0.406. The first-order chi connectivity index (χ1) is 14.1. The van der Waals surface area contributed by atoms with Crippen molar-refractivity contribution >= 4 is 5.91 Å². The van der Waals surface area contributed by atoms with Crippen LogP contribution in [0.25, 0.3) is 11.4 Å². The number of nitrogens with one attached hydrogen (secondary N) is 1. The van der Waals surface area contributed by atoms with E-state index >= 15 is 0 Å². The third kappa shape index (κ3) is 4.24. The molecular weight excluding hydrogens is 366 g/mol. The lowest BCUT2D eigenvalue weighted by molar-refractivity contribution is 0.0932. The summed E-state index contributed by atoms with van der Waals surface area (Å²) in [5.74, 6) is 0.688. The fourth-order valence-electron chi connectivity index (χ4n) is 3.03. The zero-order chi connectivity index (χ0) is 20.2. The van der Waals surface area contributed by atoms with Gasteiger partial charge >= 0.3 is 0 Å². The van der Waals surface area contributed by atoms with Crippen LogP contribution in [0.3, 0.4) is 0 Å². The summed E-state index contributed by atoms with van der Waals surface area (Å²) in [5, 5.41) is 11.1. The van der Waals surface area contributed by atoms with E-state index in [4.69, 9.17) is 4.52 Å². The molecule has 146 valence electrons. The van der Waals surface area contributed by atoms with Gasteiger partial charge in [0, 0.05) is 23.5 Å². The highest BCUT2D eigenvalue weighted by Gasteiger charge is 2.18. The maximum Gasteiger partial charge on any atom is 0.251 e. The number of carbonyl (C=O) groups excluding carboxylic acids is 1. The van der Waals surface area contributed by atoms with Crippen LogP contribution in [0.15, 0.2) is 71.5 Å². The molecule has 4 aromatic rings. The van der Waals surface area contributed by atoms with Crippen LogP contribution in [0.2, 0.25) is 0 Å². The number of amides is 1. The molecule has 4 rings (SSSR count). The van der Waals surface area contributed by atoms with Crippen molar-refractivity contribution in [3.63, 3.8) is 0 Å². The molecule has 0 fully saturated rings. The van der Waals surface area contributed by atoms with E-state index in [0.29, 0.717) is 23.8 Å². The molecule has 0 radical (unpaired) electrons. The van der Waals surface area contributed by atoms with E-state index < -0.39 is 6.04 Å². The summed E-state index contributed by atoms with van der Waals surface area (Å²) in [5.41, 5.74) is 3.61. The molecule has 1 amide bonds. The van der Waals surface area contributed by atoms with Crippen molar-refractivity contribution < 1.29 is 9.32 Å². The molecule has 1 unspecified atom stereocenters. The van der Waals surface area contributed by atoms with Crippen molar-refractivity contribution in [2.45, 2.75) is 26.4 Å². The Labute approximate surface area is 168 Å². The molecule has 0 bridgehead atoms. The van der Waals surface area contributed by atoms with Gasteiger partial charge in [0.25, 0.3) is 5.91 Å². The minimum Gasteiger partial charge on any atom is -0.341 e. The molecule has 1 atom stereocenters. The average molecular weight is 387 g/mol. The Bertz CT molecular complexity index is 1100. The molecule has 2 heterocycles. The Kier molecular flexibility index (Phi) is 5.20. The average Bonchev–Trinajstić information content (AvgIpc) is 3.41. The highest BCUT2D eigenvalue weighted by atomic mass is 16.5. The summed E-state index contributed by atoms with van der Waals surface area (Å²) in [6.45, 7) is 4.47. The summed E-state index contributed by atoms with van der Waals surface area (Å²) in [4.78, 5) is 17.0. The summed E-state index contributed by atoms with van der Waals surface area (Å²) in [7, 11) is 0. The first-order valence-corrected chi connectivity index (χ1v) is 9.37. The predicted molar refractivity (Wildman–Crippen MR) is 108 cm³/mol. The fourth-order valence-corrected chi connectivity index (χ4v) is 3.03. The Morgan fingerprint density at radius 1 is 1.14 bits per heavy atom. The van der Waals surface area contributed by atoms with Crippen molar-refractivity contribution in [1.29, 1.82) is 0 Å². The van der Waals surface area contributed by atoms with Crippen LogP contribution in [-0.4, -0.2) is 25.8 Å². The van der Waals surface area contributed by atoms with Crippen LogP contribution >= 0.6 is 0 Å². The standard InChI is InChI=1S/C22H21N5O2/c1-15-6-3-4-7-19(15)20-25-22(29-26-20)16(2)24-21(28)18-10-8-17(9-11-18)14-27-13-5-12-23-27/h3-13,16H,14H2,1-2H3,(H,24,28). The maximum atomic E-state index is 12.6. The summed E-state index contributed by atoms with van der Waals surface area (Å²) < 4.78 is 7.20. The van der Waals surface area contributed by atoms with E-state index in [1.165, 1.54) is 0 Å². The van der Waals surface area contributed by atoms with E-state index in [2.05, 4.69) is 20.6 Å². The molecule has 1 N–H and O–H groups in total. The molecular formula is C22H21N5O2. The Balaban J connectivity index is 1.41. The Hall–Kier alpha value is -3.74. The van der Waals surface area contributed by atoms with Crippen LogP contribution in [0.4, 0.5) is 0 Å². The zero-order valence-electron chi connectivity index (χ0n) is 16.2. The van der Waals surface area contributed by atoms with Crippen LogP contribution in [0, 0.1) is 6.92 Å². The topological polar surface area (TPSA) is 85.8 Å². The van der Waals surface area contributed by atoms with Gasteiger partial charge in [-0.3, -0.25) is 9.48 Å². The van der Waals surface area contributed by atoms with Gasteiger partial charge in [-0.1, -0.05) is 41.6 Å². The smallest absolute Gasteiger partial charge is 0.251 e. The second-order valence-corrected chi connectivity index (χ2v) is 6.87. The van der Waals surface area contributed by atoms with E-state index in [0.717, 1.165) is 16.7 Å². The van der Waals surface area contributed by atoms with E-state index in [1.807, 2.05) is 67.2 Å². The third-order valence-electron chi connectivity index (χ3n) is 4.67. The van der Waals surface area contributed by atoms with Crippen molar-refractivity contribution in [2.75, 3.05) is 0 Å². The number of aromatic nitrogens is 4. The quantitative estimate of drug-likeness (QED) is 0.544. The van der Waals surface area contributed by atoms with Gasteiger partial charge in [0.15, 0.2) is 0 Å². The lowest BCUT2D eigenvalue weighted by atomic mass is 10.1. The monoisotopic (exact) mass is 387 g/mol. The molecule has 0 spiro atoms. The SMILES string of the molecule is Cc1ccccc1-c1noc(C(C)NC(=O)c2ccc(Cn3cccn3)cc2)n1. The largest absolute Gasteiger partial charge is 0.341 e. The van der Waals surface area contributed by atoms with Crippen molar-refractivity contribution in [1.82, 2.24) is 25.2 Å². The van der Waals surface area contributed by atoms with E-state index in [-0.39, 0.29) is 5.91 Å².